The molecule has 1 atom stereocenters. The van der Waals surface area contributed by atoms with Crippen molar-refractivity contribution in [2.45, 2.75) is 25.7 Å². The number of carbonyl (C=O) groups is 1. The zero-order valence-corrected chi connectivity index (χ0v) is 15.8. The normalized spacial score (nSPS) is 16.9. The minimum Gasteiger partial charge on any atom is -0.377 e. The third kappa shape index (κ3) is 3.91. The van der Waals surface area contributed by atoms with Crippen LogP contribution in [-0.4, -0.2) is 33.9 Å². The SMILES string of the molecule is CCC=CN1CCC(c2ccc3[nH]c(C(=O)Nc4ccc(F)cn4)cc3c2)C1. The van der Waals surface area contributed by atoms with Crippen LogP contribution in [0.25, 0.3) is 10.9 Å². The molecule has 144 valence electrons. The summed E-state index contributed by atoms with van der Waals surface area (Å²) in [6.45, 7) is 4.24. The molecule has 2 aromatic heterocycles. The second kappa shape index (κ2) is 7.84. The molecule has 0 aliphatic carbocycles. The average molecular weight is 378 g/mol. The number of H-pyrrole nitrogens is 1. The molecule has 0 bridgehead atoms. The van der Waals surface area contributed by atoms with Gasteiger partial charge in [0.1, 0.15) is 17.3 Å². The standard InChI is InChI=1S/C22H23FN4O/c1-2-3-9-27-10-8-16(14-27)15-4-6-19-17(11-15)12-20(25-19)22(28)26-21-7-5-18(23)13-24-21/h3-7,9,11-13,16,25H,2,8,10,14H2,1H3,(H,24,26,28). The number of halogens is 1. The summed E-state index contributed by atoms with van der Waals surface area (Å²) in [6.07, 6.45) is 7.65. The molecule has 5 nitrogen and oxygen atoms in total. The van der Waals surface area contributed by atoms with Gasteiger partial charge in [-0.05, 0) is 54.9 Å². The fraction of sp³-hybridized carbons (Fsp3) is 0.273. The molecule has 28 heavy (non-hydrogen) atoms. The summed E-state index contributed by atoms with van der Waals surface area (Å²) >= 11 is 0. The van der Waals surface area contributed by atoms with E-state index in [2.05, 4.69) is 51.5 Å². The van der Waals surface area contributed by atoms with Gasteiger partial charge in [-0.15, -0.1) is 0 Å². The van der Waals surface area contributed by atoms with Crippen molar-refractivity contribution in [2.24, 2.45) is 0 Å². The fourth-order valence-corrected chi connectivity index (χ4v) is 3.61. The molecule has 2 N–H and O–H groups in total. The van der Waals surface area contributed by atoms with Crippen molar-refractivity contribution in [1.29, 1.82) is 0 Å². The molecule has 6 heteroatoms. The van der Waals surface area contributed by atoms with Crippen LogP contribution in [0.1, 0.15) is 41.7 Å². The first-order valence-corrected chi connectivity index (χ1v) is 9.58. The number of aromatic nitrogens is 2. The molecule has 0 spiro atoms. The number of amides is 1. The highest BCUT2D eigenvalue weighted by atomic mass is 19.1. The van der Waals surface area contributed by atoms with Crippen molar-refractivity contribution in [3.63, 3.8) is 0 Å². The maximum Gasteiger partial charge on any atom is 0.273 e. The van der Waals surface area contributed by atoms with E-state index in [4.69, 9.17) is 0 Å². The Morgan fingerprint density at radius 1 is 1.36 bits per heavy atom. The van der Waals surface area contributed by atoms with Gasteiger partial charge in [0.2, 0.25) is 0 Å². The molecule has 1 aliphatic rings. The van der Waals surface area contributed by atoms with Crippen molar-refractivity contribution in [2.75, 3.05) is 18.4 Å². The lowest BCUT2D eigenvalue weighted by atomic mass is 9.97. The van der Waals surface area contributed by atoms with E-state index in [1.54, 1.807) is 0 Å². The number of likely N-dealkylation sites (tertiary alicyclic amines) is 1. The fourth-order valence-electron chi connectivity index (χ4n) is 3.61. The van der Waals surface area contributed by atoms with E-state index in [0.29, 0.717) is 17.4 Å². The van der Waals surface area contributed by atoms with E-state index < -0.39 is 5.82 Å². The van der Waals surface area contributed by atoms with Crippen molar-refractivity contribution < 1.29 is 9.18 Å². The molecule has 1 aromatic carbocycles. The van der Waals surface area contributed by atoms with Crippen molar-refractivity contribution in [1.82, 2.24) is 14.9 Å². The summed E-state index contributed by atoms with van der Waals surface area (Å²) in [5.74, 6) is 0.0823. The Labute approximate surface area is 163 Å². The number of benzene rings is 1. The molecule has 1 aliphatic heterocycles. The molecule has 4 rings (SSSR count). The van der Waals surface area contributed by atoms with Crippen LogP contribution in [0.2, 0.25) is 0 Å². The Kier molecular flexibility index (Phi) is 5.10. The Hall–Kier alpha value is -3.15. The lowest BCUT2D eigenvalue weighted by Crippen LogP contribution is -2.13. The first kappa shape index (κ1) is 18.2. The molecule has 0 radical (unpaired) electrons. The van der Waals surface area contributed by atoms with Gasteiger partial charge >= 0.3 is 0 Å². The van der Waals surface area contributed by atoms with E-state index in [0.717, 1.165) is 43.0 Å². The topological polar surface area (TPSA) is 61.0 Å². The molecule has 3 heterocycles. The second-order valence-corrected chi connectivity index (χ2v) is 7.12. The summed E-state index contributed by atoms with van der Waals surface area (Å²) in [5, 5.41) is 3.69. The van der Waals surface area contributed by atoms with Gasteiger partial charge in [-0.2, -0.15) is 0 Å². The van der Waals surface area contributed by atoms with Crippen molar-refractivity contribution >= 4 is 22.6 Å². The van der Waals surface area contributed by atoms with E-state index >= 15 is 0 Å². The number of fused-ring (bicyclic) bond motifs is 1. The van der Waals surface area contributed by atoms with Crippen LogP contribution in [0, 0.1) is 5.82 Å². The van der Waals surface area contributed by atoms with Crippen LogP contribution in [0.5, 0.6) is 0 Å². The number of rotatable bonds is 5. The highest BCUT2D eigenvalue weighted by molar-refractivity contribution is 6.05. The van der Waals surface area contributed by atoms with Gasteiger partial charge in [0.05, 0.1) is 6.20 Å². The van der Waals surface area contributed by atoms with Gasteiger partial charge in [0.15, 0.2) is 0 Å². The molecule has 1 unspecified atom stereocenters. The van der Waals surface area contributed by atoms with Crippen LogP contribution in [0.4, 0.5) is 10.2 Å². The Bertz CT molecular complexity index is 1010. The number of nitrogens with one attached hydrogen (secondary N) is 2. The van der Waals surface area contributed by atoms with Gasteiger partial charge in [0.25, 0.3) is 5.91 Å². The largest absolute Gasteiger partial charge is 0.377 e. The number of allylic oxidation sites excluding steroid dienone is 1. The van der Waals surface area contributed by atoms with Gasteiger partial charge in [-0.3, -0.25) is 4.79 Å². The minimum atomic E-state index is -0.438. The highest BCUT2D eigenvalue weighted by Crippen LogP contribution is 2.30. The van der Waals surface area contributed by atoms with Gasteiger partial charge in [0, 0.05) is 29.9 Å². The molecule has 1 amide bonds. The van der Waals surface area contributed by atoms with E-state index in [1.807, 2.05) is 12.1 Å². The first-order valence-electron chi connectivity index (χ1n) is 9.58. The maximum absolute atomic E-state index is 12.9. The maximum atomic E-state index is 12.9. The van der Waals surface area contributed by atoms with Crippen LogP contribution in [0.15, 0.2) is 54.9 Å². The highest BCUT2D eigenvalue weighted by Gasteiger charge is 2.22. The van der Waals surface area contributed by atoms with Crippen LogP contribution >= 0.6 is 0 Å². The van der Waals surface area contributed by atoms with Crippen LogP contribution < -0.4 is 5.32 Å². The van der Waals surface area contributed by atoms with E-state index in [1.165, 1.54) is 17.7 Å². The smallest absolute Gasteiger partial charge is 0.273 e. The third-order valence-corrected chi connectivity index (χ3v) is 5.10. The van der Waals surface area contributed by atoms with Gasteiger partial charge in [-0.1, -0.05) is 19.1 Å². The van der Waals surface area contributed by atoms with Gasteiger partial charge in [-0.25, -0.2) is 9.37 Å². The number of pyridine rings is 1. The second-order valence-electron chi connectivity index (χ2n) is 7.12. The lowest BCUT2D eigenvalue weighted by molar-refractivity contribution is 0.102. The number of hydrogen-bond donors (Lipinski definition) is 2. The summed E-state index contributed by atoms with van der Waals surface area (Å²) in [7, 11) is 0. The first-order chi connectivity index (χ1) is 13.6. The third-order valence-electron chi connectivity index (χ3n) is 5.10. The number of nitrogens with zero attached hydrogens (tertiary/aromatic N) is 2. The van der Waals surface area contributed by atoms with E-state index in [-0.39, 0.29) is 5.91 Å². The number of anilines is 1. The molecule has 1 fully saturated rings. The Balaban J connectivity index is 1.49. The van der Waals surface area contributed by atoms with Crippen LogP contribution in [0.3, 0.4) is 0 Å². The summed E-state index contributed by atoms with van der Waals surface area (Å²) < 4.78 is 12.9. The van der Waals surface area contributed by atoms with E-state index in [9.17, 15) is 9.18 Å². The molecule has 3 aromatic rings. The molecular formula is C22H23FN4O. The lowest BCUT2D eigenvalue weighted by Gasteiger charge is -2.13. The predicted molar refractivity (Wildman–Crippen MR) is 109 cm³/mol. The Morgan fingerprint density at radius 3 is 3.04 bits per heavy atom. The number of aromatic amines is 1. The summed E-state index contributed by atoms with van der Waals surface area (Å²) in [4.78, 5) is 21.8. The molecule has 0 saturated carbocycles. The monoisotopic (exact) mass is 378 g/mol. The quantitative estimate of drug-likeness (QED) is 0.678. The van der Waals surface area contributed by atoms with Crippen LogP contribution in [-0.2, 0) is 0 Å². The minimum absolute atomic E-state index is 0.298. The van der Waals surface area contributed by atoms with Crippen molar-refractivity contribution in [3.8, 4) is 0 Å². The predicted octanol–water partition coefficient (Wildman–Crippen LogP) is 4.67. The zero-order chi connectivity index (χ0) is 19.5. The molecular weight excluding hydrogens is 355 g/mol. The van der Waals surface area contributed by atoms with Gasteiger partial charge < -0.3 is 15.2 Å². The average Bonchev–Trinajstić information content (AvgIpc) is 3.34. The molecule has 1 saturated heterocycles. The number of carbonyl (C=O) groups excluding carboxylic acids is 1. The van der Waals surface area contributed by atoms with Crippen molar-refractivity contribution in [3.05, 3.63) is 71.9 Å². The number of hydrogen-bond acceptors (Lipinski definition) is 3. The Morgan fingerprint density at radius 2 is 2.25 bits per heavy atom. The summed E-state index contributed by atoms with van der Waals surface area (Å²) in [5.41, 5.74) is 2.67. The summed E-state index contributed by atoms with van der Waals surface area (Å²) in [6, 6.07) is 10.9. The zero-order valence-electron chi connectivity index (χ0n) is 15.8.